The highest BCUT2D eigenvalue weighted by Gasteiger charge is 2.21. The summed E-state index contributed by atoms with van der Waals surface area (Å²) in [7, 11) is 0. The molecule has 0 bridgehead atoms. The third-order valence-electron chi connectivity index (χ3n) is 12.3. The van der Waals surface area contributed by atoms with Crippen LogP contribution in [-0.4, -0.2) is 0 Å². The Bertz CT molecular complexity index is 3590. The molecular weight excluding hydrogens is 781 g/mol. The van der Waals surface area contributed by atoms with Crippen molar-refractivity contribution in [3.8, 4) is 33.4 Å². The van der Waals surface area contributed by atoms with Gasteiger partial charge in [0.05, 0.1) is 5.69 Å². The zero-order valence-corrected chi connectivity index (χ0v) is 34.8. The second-order valence-corrected chi connectivity index (χ2v) is 16.1. The zero-order valence-electron chi connectivity index (χ0n) is 34.8. The molecule has 0 amide bonds. The standard InChI is InChI=1S/C60H40N2O2/c1-4-14-41(15-5-1)42-24-31-48(32-25-42)62(50-34-36-54-52-21-11-13-23-58(52)64-60(54)40-50)56-37-28-45(38-55(56)44-16-6-2-7-17-44)43-26-29-47(30-27-43)61(46-18-8-3-9-19-46)49-33-35-53-51-20-10-12-22-57(51)63-59(53)39-49/h1-40H. The van der Waals surface area contributed by atoms with Crippen LogP contribution in [0.2, 0.25) is 0 Å². The van der Waals surface area contributed by atoms with Crippen molar-refractivity contribution in [2.24, 2.45) is 0 Å². The lowest BCUT2D eigenvalue weighted by atomic mass is 9.95. The number of nitrogens with zero attached hydrogens (tertiary/aromatic N) is 2. The SMILES string of the molecule is c1ccc(-c2ccc(N(c3ccc4c(c3)oc3ccccc34)c3ccc(-c4ccc(N(c5ccccc5)c5ccc6c(c5)oc5ccccc56)cc4)cc3-c3ccccc3)cc2)cc1. The summed E-state index contributed by atoms with van der Waals surface area (Å²) in [6, 6.07) is 85.9. The number of anilines is 6. The topological polar surface area (TPSA) is 32.8 Å². The third kappa shape index (κ3) is 6.66. The molecule has 0 aliphatic heterocycles. The fourth-order valence-corrected chi connectivity index (χ4v) is 9.15. The zero-order chi connectivity index (χ0) is 42.4. The smallest absolute Gasteiger partial charge is 0.137 e. The van der Waals surface area contributed by atoms with E-state index in [9.17, 15) is 0 Å². The molecule has 4 nitrogen and oxygen atoms in total. The molecule has 12 rings (SSSR count). The van der Waals surface area contributed by atoms with Crippen LogP contribution in [0.15, 0.2) is 251 Å². The summed E-state index contributed by atoms with van der Waals surface area (Å²) < 4.78 is 12.8. The first-order valence-corrected chi connectivity index (χ1v) is 21.7. The summed E-state index contributed by atoms with van der Waals surface area (Å²) in [4.78, 5) is 4.64. The minimum absolute atomic E-state index is 0.852. The Kier molecular flexibility index (Phi) is 9.12. The molecule has 0 aliphatic rings. The summed E-state index contributed by atoms with van der Waals surface area (Å²) in [6.45, 7) is 0. The van der Waals surface area contributed by atoms with Crippen LogP contribution >= 0.6 is 0 Å². The average Bonchev–Trinajstić information content (AvgIpc) is 3.93. The van der Waals surface area contributed by atoms with Crippen LogP contribution in [0.25, 0.3) is 77.3 Å². The highest BCUT2D eigenvalue weighted by molar-refractivity contribution is 6.07. The van der Waals surface area contributed by atoms with Gasteiger partial charge in [0, 0.05) is 67.7 Å². The van der Waals surface area contributed by atoms with Gasteiger partial charge in [-0.15, -0.1) is 0 Å². The number of hydrogen-bond donors (Lipinski definition) is 0. The molecule has 4 heteroatoms. The number of benzene rings is 10. The second kappa shape index (κ2) is 15.7. The van der Waals surface area contributed by atoms with Crippen molar-refractivity contribution in [2.75, 3.05) is 9.80 Å². The van der Waals surface area contributed by atoms with Crippen LogP contribution < -0.4 is 9.80 Å². The highest BCUT2D eigenvalue weighted by atomic mass is 16.3. The normalized spacial score (nSPS) is 11.4. The van der Waals surface area contributed by atoms with Crippen LogP contribution in [0.4, 0.5) is 34.1 Å². The van der Waals surface area contributed by atoms with Crippen LogP contribution in [-0.2, 0) is 0 Å². The van der Waals surface area contributed by atoms with Gasteiger partial charge in [-0.05, 0) is 113 Å². The second-order valence-electron chi connectivity index (χ2n) is 16.1. The van der Waals surface area contributed by atoms with Crippen molar-refractivity contribution in [1.29, 1.82) is 0 Å². The van der Waals surface area contributed by atoms with Crippen LogP contribution in [0, 0.1) is 0 Å². The first kappa shape index (κ1) is 37.2. The number of rotatable bonds is 9. The first-order chi connectivity index (χ1) is 31.7. The van der Waals surface area contributed by atoms with Gasteiger partial charge in [0.1, 0.15) is 22.3 Å². The molecule has 64 heavy (non-hydrogen) atoms. The number of fused-ring (bicyclic) bond motifs is 6. The van der Waals surface area contributed by atoms with E-state index in [0.29, 0.717) is 0 Å². The summed E-state index contributed by atoms with van der Waals surface area (Å²) >= 11 is 0. The number of furan rings is 2. The van der Waals surface area contributed by atoms with Gasteiger partial charge in [-0.1, -0.05) is 146 Å². The lowest BCUT2D eigenvalue weighted by Crippen LogP contribution is -2.11. The van der Waals surface area contributed by atoms with Gasteiger partial charge in [-0.25, -0.2) is 0 Å². The van der Waals surface area contributed by atoms with Gasteiger partial charge in [0.15, 0.2) is 0 Å². The summed E-state index contributed by atoms with van der Waals surface area (Å²) in [5, 5.41) is 4.44. The highest BCUT2D eigenvalue weighted by Crippen LogP contribution is 2.45. The Morgan fingerprint density at radius 1 is 0.234 bits per heavy atom. The van der Waals surface area contributed by atoms with Crippen molar-refractivity contribution < 1.29 is 8.83 Å². The molecule has 0 radical (unpaired) electrons. The molecule has 302 valence electrons. The lowest BCUT2D eigenvalue weighted by Gasteiger charge is -2.28. The minimum atomic E-state index is 0.852. The molecule has 0 atom stereocenters. The van der Waals surface area contributed by atoms with Gasteiger partial charge < -0.3 is 18.6 Å². The summed E-state index contributed by atoms with van der Waals surface area (Å²) in [5.74, 6) is 0. The van der Waals surface area contributed by atoms with E-state index in [1.807, 2.05) is 24.3 Å². The third-order valence-corrected chi connectivity index (χ3v) is 12.3. The molecule has 2 heterocycles. The van der Waals surface area contributed by atoms with Gasteiger partial charge >= 0.3 is 0 Å². The molecule has 0 aliphatic carbocycles. The predicted octanol–water partition coefficient (Wildman–Crippen LogP) is 17.4. The molecule has 0 saturated carbocycles. The maximum Gasteiger partial charge on any atom is 0.137 e. The fraction of sp³-hybridized carbons (Fsp3) is 0. The average molecular weight is 821 g/mol. The lowest BCUT2D eigenvalue weighted by molar-refractivity contribution is 0.668. The van der Waals surface area contributed by atoms with E-state index in [1.54, 1.807) is 0 Å². The van der Waals surface area contributed by atoms with E-state index in [-0.39, 0.29) is 0 Å². The van der Waals surface area contributed by atoms with Gasteiger partial charge in [-0.3, -0.25) is 0 Å². The van der Waals surface area contributed by atoms with E-state index < -0.39 is 0 Å². The monoisotopic (exact) mass is 820 g/mol. The van der Waals surface area contributed by atoms with Gasteiger partial charge in [0.25, 0.3) is 0 Å². The van der Waals surface area contributed by atoms with Crippen molar-refractivity contribution in [2.45, 2.75) is 0 Å². The van der Waals surface area contributed by atoms with E-state index >= 15 is 0 Å². The van der Waals surface area contributed by atoms with Crippen molar-refractivity contribution in [3.05, 3.63) is 243 Å². The van der Waals surface area contributed by atoms with E-state index in [4.69, 9.17) is 8.83 Å². The van der Waals surface area contributed by atoms with Crippen molar-refractivity contribution >= 4 is 78.0 Å². The minimum Gasteiger partial charge on any atom is -0.456 e. The van der Waals surface area contributed by atoms with Gasteiger partial charge in [-0.2, -0.15) is 0 Å². The van der Waals surface area contributed by atoms with Crippen molar-refractivity contribution in [3.63, 3.8) is 0 Å². The van der Waals surface area contributed by atoms with Crippen LogP contribution in [0.3, 0.4) is 0 Å². The van der Waals surface area contributed by atoms with Crippen LogP contribution in [0.1, 0.15) is 0 Å². The molecule has 10 aromatic carbocycles. The number of hydrogen-bond acceptors (Lipinski definition) is 4. The van der Waals surface area contributed by atoms with E-state index in [1.165, 1.54) is 11.1 Å². The Morgan fingerprint density at radius 2 is 0.625 bits per heavy atom. The van der Waals surface area contributed by atoms with E-state index in [2.05, 4.69) is 228 Å². The largest absolute Gasteiger partial charge is 0.456 e. The molecule has 0 saturated heterocycles. The molecule has 2 aromatic heterocycles. The fourth-order valence-electron chi connectivity index (χ4n) is 9.15. The molecule has 0 N–H and O–H groups in total. The first-order valence-electron chi connectivity index (χ1n) is 21.7. The molecular formula is C60H40N2O2. The Morgan fingerprint density at radius 3 is 1.20 bits per heavy atom. The van der Waals surface area contributed by atoms with Crippen molar-refractivity contribution in [1.82, 2.24) is 0 Å². The summed E-state index contributed by atoms with van der Waals surface area (Å²) in [6.07, 6.45) is 0. The Hall–Kier alpha value is -8.60. The molecule has 0 fully saturated rings. The van der Waals surface area contributed by atoms with Crippen LogP contribution in [0.5, 0.6) is 0 Å². The molecule has 0 unspecified atom stereocenters. The van der Waals surface area contributed by atoms with E-state index in [0.717, 1.165) is 100 Å². The number of para-hydroxylation sites is 3. The summed E-state index contributed by atoms with van der Waals surface area (Å²) in [5.41, 5.74) is 16.6. The quantitative estimate of drug-likeness (QED) is 0.145. The molecule has 12 aromatic rings. The predicted molar refractivity (Wildman–Crippen MR) is 267 cm³/mol. The van der Waals surface area contributed by atoms with Gasteiger partial charge in [0.2, 0.25) is 0 Å². The maximum absolute atomic E-state index is 6.46. The maximum atomic E-state index is 6.46. The Balaban J connectivity index is 0.969. The Labute approximate surface area is 371 Å². The molecule has 0 spiro atoms.